The molecular weight excluding hydrogens is 376 g/mol. The van der Waals surface area contributed by atoms with Crippen LogP contribution in [0.3, 0.4) is 0 Å². The minimum atomic E-state index is -0.851. The van der Waals surface area contributed by atoms with E-state index >= 15 is 0 Å². The molecule has 5 heteroatoms. The van der Waals surface area contributed by atoms with Crippen molar-refractivity contribution in [2.24, 2.45) is 5.92 Å². The summed E-state index contributed by atoms with van der Waals surface area (Å²) in [5.41, 5.74) is 4.52. The fraction of sp³-hybridized carbons (Fsp3) is 0.360. The van der Waals surface area contributed by atoms with E-state index in [-0.39, 0.29) is 6.42 Å². The van der Waals surface area contributed by atoms with Crippen LogP contribution in [-0.2, 0) is 17.8 Å². The van der Waals surface area contributed by atoms with Crippen LogP contribution in [0, 0.1) is 5.92 Å². The SMILES string of the molecule is CCCCOc1ccc(CC(=O)O)cc1-c1cc(-c2ccccc2)n(CC(C)C)n1. The summed E-state index contributed by atoms with van der Waals surface area (Å²) in [6.07, 6.45) is 1.99. The second-order valence-electron chi connectivity index (χ2n) is 7.96. The maximum Gasteiger partial charge on any atom is 0.307 e. The van der Waals surface area contributed by atoms with Crippen molar-refractivity contribution in [2.75, 3.05) is 6.61 Å². The van der Waals surface area contributed by atoms with Crippen molar-refractivity contribution < 1.29 is 14.6 Å². The highest BCUT2D eigenvalue weighted by atomic mass is 16.5. The van der Waals surface area contributed by atoms with Crippen LogP contribution in [0.2, 0.25) is 0 Å². The Bertz CT molecular complexity index is 977. The highest BCUT2D eigenvalue weighted by molar-refractivity contribution is 5.76. The van der Waals surface area contributed by atoms with Crippen molar-refractivity contribution in [2.45, 2.75) is 46.6 Å². The molecular formula is C25H30N2O3. The highest BCUT2D eigenvalue weighted by Crippen LogP contribution is 2.34. The molecule has 0 fully saturated rings. The number of aliphatic carboxylic acids is 1. The number of unbranched alkanes of at least 4 members (excludes halogenated alkanes) is 1. The molecule has 0 saturated carbocycles. The lowest BCUT2D eigenvalue weighted by atomic mass is 10.0. The van der Waals surface area contributed by atoms with E-state index in [9.17, 15) is 9.90 Å². The molecule has 0 aliphatic heterocycles. The van der Waals surface area contributed by atoms with Gasteiger partial charge >= 0.3 is 5.97 Å². The number of aromatic nitrogens is 2. The molecule has 0 spiro atoms. The average molecular weight is 407 g/mol. The number of carboxylic acids is 1. The third-order valence-electron chi connectivity index (χ3n) is 4.82. The molecule has 158 valence electrons. The monoisotopic (exact) mass is 406 g/mol. The summed E-state index contributed by atoms with van der Waals surface area (Å²) in [6.45, 7) is 7.89. The zero-order valence-electron chi connectivity index (χ0n) is 18.0. The van der Waals surface area contributed by atoms with E-state index in [4.69, 9.17) is 9.84 Å². The second kappa shape index (κ2) is 10.1. The largest absolute Gasteiger partial charge is 0.493 e. The highest BCUT2D eigenvalue weighted by Gasteiger charge is 2.17. The molecule has 0 aliphatic rings. The zero-order valence-corrected chi connectivity index (χ0v) is 18.0. The van der Waals surface area contributed by atoms with E-state index < -0.39 is 5.97 Å². The van der Waals surface area contributed by atoms with Gasteiger partial charge in [-0.15, -0.1) is 0 Å². The van der Waals surface area contributed by atoms with Crippen molar-refractivity contribution in [1.82, 2.24) is 9.78 Å². The van der Waals surface area contributed by atoms with Gasteiger partial charge in [0, 0.05) is 12.1 Å². The van der Waals surface area contributed by atoms with Crippen LogP contribution in [0.1, 0.15) is 39.2 Å². The number of carboxylic acid groups (broad SMARTS) is 1. The van der Waals surface area contributed by atoms with Crippen molar-refractivity contribution in [3.63, 3.8) is 0 Å². The van der Waals surface area contributed by atoms with E-state index in [0.717, 1.165) is 53.2 Å². The zero-order chi connectivity index (χ0) is 21.5. The normalized spacial score (nSPS) is 11.1. The molecule has 1 N–H and O–H groups in total. The van der Waals surface area contributed by atoms with E-state index in [1.807, 2.05) is 41.1 Å². The quantitative estimate of drug-likeness (QED) is 0.440. The lowest BCUT2D eigenvalue weighted by Crippen LogP contribution is -2.08. The fourth-order valence-corrected chi connectivity index (χ4v) is 3.39. The molecule has 0 unspecified atom stereocenters. The molecule has 0 radical (unpaired) electrons. The lowest BCUT2D eigenvalue weighted by molar-refractivity contribution is -0.136. The number of ether oxygens (including phenoxy) is 1. The molecule has 1 aromatic heterocycles. The van der Waals surface area contributed by atoms with Gasteiger partial charge in [-0.3, -0.25) is 9.48 Å². The van der Waals surface area contributed by atoms with Crippen LogP contribution < -0.4 is 4.74 Å². The minimum absolute atomic E-state index is 0.0273. The van der Waals surface area contributed by atoms with Crippen molar-refractivity contribution in [1.29, 1.82) is 0 Å². The van der Waals surface area contributed by atoms with Gasteiger partial charge in [-0.05, 0) is 41.7 Å². The van der Waals surface area contributed by atoms with E-state index in [1.54, 1.807) is 0 Å². The van der Waals surface area contributed by atoms with Gasteiger partial charge in [-0.25, -0.2) is 0 Å². The first-order chi connectivity index (χ1) is 14.5. The number of benzene rings is 2. The Morgan fingerprint density at radius 2 is 1.90 bits per heavy atom. The van der Waals surface area contributed by atoms with Crippen molar-refractivity contribution in [3.05, 3.63) is 60.2 Å². The molecule has 30 heavy (non-hydrogen) atoms. The van der Waals surface area contributed by atoms with Gasteiger partial charge in [0.15, 0.2) is 0 Å². The summed E-state index contributed by atoms with van der Waals surface area (Å²) in [5.74, 6) is 0.334. The molecule has 3 rings (SSSR count). The molecule has 3 aromatic rings. The number of carbonyl (C=O) groups is 1. The van der Waals surface area contributed by atoms with Crippen LogP contribution in [0.15, 0.2) is 54.6 Å². The summed E-state index contributed by atoms with van der Waals surface area (Å²) >= 11 is 0. The van der Waals surface area contributed by atoms with Gasteiger partial charge in [0.1, 0.15) is 5.75 Å². The van der Waals surface area contributed by atoms with Crippen LogP contribution in [0.5, 0.6) is 5.75 Å². The van der Waals surface area contributed by atoms with Gasteiger partial charge in [0.05, 0.1) is 24.4 Å². The summed E-state index contributed by atoms with van der Waals surface area (Å²) < 4.78 is 8.07. The van der Waals surface area contributed by atoms with Crippen molar-refractivity contribution in [3.8, 4) is 28.3 Å². The molecule has 5 nitrogen and oxygen atoms in total. The summed E-state index contributed by atoms with van der Waals surface area (Å²) in [7, 11) is 0. The Labute approximate surface area is 178 Å². The third-order valence-corrected chi connectivity index (χ3v) is 4.82. The maximum atomic E-state index is 11.2. The Hall–Kier alpha value is -3.08. The lowest BCUT2D eigenvalue weighted by Gasteiger charge is -2.12. The summed E-state index contributed by atoms with van der Waals surface area (Å²) in [6, 6.07) is 17.9. The second-order valence-corrected chi connectivity index (χ2v) is 7.96. The molecule has 0 aliphatic carbocycles. The maximum absolute atomic E-state index is 11.2. The van der Waals surface area contributed by atoms with E-state index in [2.05, 4.69) is 39.0 Å². The number of nitrogens with zero attached hydrogens (tertiary/aromatic N) is 2. The van der Waals surface area contributed by atoms with Gasteiger partial charge in [-0.1, -0.05) is 63.6 Å². The number of hydrogen-bond acceptors (Lipinski definition) is 3. The standard InChI is InChI=1S/C25H30N2O3/c1-4-5-13-30-24-12-11-19(15-25(28)29)14-21(24)22-16-23(20-9-7-6-8-10-20)27(26-22)17-18(2)3/h6-12,14,16,18H,4-5,13,15,17H2,1-3H3,(H,28,29). The van der Waals surface area contributed by atoms with Crippen LogP contribution in [0.4, 0.5) is 0 Å². The Morgan fingerprint density at radius 1 is 1.13 bits per heavy atom. The first-order valence-corrected chi connectivity index (χ1v) is 10.6. The minimum Gasteiger partial charge on any atom is -0.493 e. The predicted octanol–water partition coefficient (Wildman–Crippen LogP) is 5.68. The summed E-state index contributed by atoms with van der Waals surface area (Å²) in [5, 5.41) is 14.1. The number of hydrogen-bond donors (Lipinski definition) is 1. The molecule has 1 heterocycles. The first kappa shape index (κ1) is 21.6. The molecule has 0 saturated heterocycles. The van der Waals surface area contributed by atoms with Crippen LogP contribution in [-0.4, -0.2) is 27.5 Å². The fourth-order valence-electron chi connectivity index (χ4n) is 3.39. The Kier molecular flexibility index (Phi) is 7.28. The predicted molar refractivity (Wildman–Crippen MR) is 120 cm³/mol. The Morgan fingerprint density at radius 3 is 2.57 bits per heavy atom. The van der Waals surface area contributed by atoms with E-state index in [0.29, 0.717) is 12.5 Å². The molecule has 0 bridgehead atoms. The van der Waals surface area contributed by atoms with Crippen LogP contribution >= 0.6 is 0 Å². The topological polar surface area (TPSA) is 64.3 Å². The Balaban J connectivity index is 2.07. The van der Waals surface area contributed by atoms with Gasteiger partial charge in [0.25, 0.3) is 0 Å². The average Bonchev–Trinajstić information content (AvgIpc) is 3.12. The molecule has 2 aromatic carbocycles. The third kappa shape index (κ3) is 5.50. The van der Waals surface area contributed by atoms with Gasteiger partial charge in [-0.2, -0.15) is 5.10 Å². The summed E-state index contributed by atoms with van der Waals surface area (Å²) in [4.78, 5) is 11.2. The van der Waals surface area contributed by atoms with E-state index in [1.165, 1.54) is 0 Å². The van der Waals surface area contributed by atoms with Crippen LogP contribution in [0.25, 0.3) is 22.5 Å². The first-order valence-electron chi connectivity index (χ1n) is 10.6. The molecule has 0 amide bonds. The number of rotatable bonds is 10. The van der Waals surface area contributed by atoms with Gasteiger partial charge in [0.2, 0.25) is 0 Å². The van der Waals surface area contributed by atoms with Crippen molar-refractivity contribution >= 4 is 5.97 Å². The smallest absolute Gasteiger partial charge is 0.307 e. The van der Waals surface area contributed by atoms with Gasteiger partial charge < -0.3 is 9.84 Å². The molecule has 0 atom stereocenters.